The Hall–Kier alpha value is -2.11. The molecule has 0 fully saturated rings. The molecule has 0 saturated carbocycles. The fourth-order valence-electron chi connectivity index (χ4n) is 3.30. The highest BCUT2D eigenvalue weighted by molar-refractivity contribution is 5.93. The van der Waals surface area contributed by atoms with Crippen LogP contribution in [0.3, 0.4) is 0 Å². The SMILES string of the molecule is Cc1c(CNC(=O)c2noc3c2C[C@@H](C(C)(C)C)CC3)cnn1C. The Balaban J connectivity index is 1.73. The van der Waals surface area contributed by atoms with Gasteiger partial charge in [-0.15, -0.1) is 0 Å². The molecule has 0 aromatic carbocycles. The van der Waals surface area contributed by atoms with Crippen LogP contribution in [-0.4, -0.2) is 20.8 Å². The van der Waals surface area contributed by atoms with Crippen LogP contribution in [0.25, 0.3) is 0 Å². The highest BCUT2D eigenvalue weighted by Gasteiger charge is 2.34. The summed E-state index contributed by atoms with van der Waals surface area (Å²) in [5, 5.41) is 11.2. The van der Waals surface area contributed by atoms with Gasteiger partial charge in [-0.25, -0.2) is 0 Å². The van der Waals surface area contributed by atoms with Crippen LogP contribution in [0.4, 0.5) is 0 Å². The molecule has 6 heteroatoms. The number of nitrogens with one attached hydrogen (secondary N) is 1. The number of carbonyl (C=O) groups is 1. The molecule has 130 valence electrons. The third-order valence-corrected chi connectivity index (χ3v) is 5.26. The van der Waals surface area contributed by atoms with Crippen molar-refractivity contribution in [2.45, 2.75) is 53.5 Å². The van der Waals surface area contributed by atoms with E-state index in [1.54, 1.807) is 10.9 Å². The molecule has 1 amide bonds. The van der Waals surface area contributed by atoms with Crippen LogP contribution in [0, 0.1) is 18.3 Å². The zero-order valence-corrected chi connectivity index (χ0v) is 15.1. The smallest absolute Gasteiger partial charge is 0.274 e. The number of hydrogen-bond acceptors (Lipinski definition) is 4. The van der Waals surface area contributed by atoms with Gasteiger partial charge in [-0.05, 0) is 31.1 Å². The molecular weight excluding hydrogens is 304 g/mol. The predicted molar refractivity (Wildman–Crippen MR) is 90.6 cm³/mol. The number of amides is 1. The Morgan fingerprint density at radius 2 is 2.21 bits per heavy atom. The maximum atomic E-state index is 12.6. The molecule has 1 aliphatic carbocycles. The van der Waals surface area contributed by atoms with Gasteiger partial charge in [-0.3, -0.25) is 9.48 Å². The van der Waals surface area contributed by atoms with Crippen LogP contribution in [-0.2, 0) is 26.4 Å². The monoisotopic (exact) mass is 330 g/mol. The molecule has 0 spiro atoms. The quantitative estimate of drug-likeness (QED) is 0.939. The molecule has 2 heterocycles. The molecule has 0 unspecified atom stereocenters. The molecule has 0 saturated heterocycles. The molecule has 1 N–H and O–H groups in total. The van der Waals surface area contributed by atoms with Crippen molar-refractivity contribution in [2.75, 3.05) is 0 Å². The highest BCUT2D eigenvalue weighted by atomic mass is 16.5. The molecule has 1 aliphatic rings. The first-order valence-electron chi connectivity index (χ1n) is 8.50. The minimum Gasteiger partial charge on any atom is -0.360 e. The van der Waals surface area contributed by atoms with Crippen molar-refractivity contribution in [3.8, 4) is 0 Å². The van der Waals surface area contributed by atoms with Crippen molar-refractivity contribution in [2.24, 2.45) is 18.4 Å². The lowest BCUT2D eigenvalue weighted by Crippen LogP contribution is -2.29. The molecule has 0 aliphatic heterocycles. The van der Waals surface area contributed by atoms with Gasteiger partial charge in [0.2, 0.25) is 0 Å². The Morgan fingerprint density at radius 1 is 1.46 bits per heavy atom. The number of hydrogen-bond donors (Lipinski definition) is 1. The maximum Gasteiger partial charge on any atom is 0.274 e. The molecule has 24 heavy (non-hydrogen) atoms. The van der Waals surface area contributed by atoms with Gasteiger partial charge < -0.3 is 9.84 Å². The van der Waals surface area contributed by atoms with Crippen LogP contribution < -0.4 is 5.32 Å². The van der Waals surface area contributed by atoms with Gasteiger partial charge in [0, 0.05) is 36.8 Å². The average Bonchev–Trinajstić information content (AvgIpc) is 3.08. The fourth-order valence-corrected chi connectivity index (χ4v) is 3.30. The lowest BCUT2D eigenvalue weighted by atomic mass is 9.71. The molecule has 2 aromatic heterocycles. The topological polar surface area (TPSA) is 73.0 Å². The summed E-state index contributed by atoms with van der Waals surface area (Å²) in [6.07, 6.45) is 4.58. The Labute approximate surface area is 142 Å². The number of carbonyl (C=O) groups excluding carboxylic acids is 1. The summed E-state index contributed by atoms with van der Waals surface area (Å²) in [6.45, 7) is 9.19. The minimum atomic E-state index is -0.169. The summed E-state index contributed by atoms with van der Waals surface area (Å²) in [5.41, 5.74) is 3.71. The first-order chi connectivity index (χ1) is 11.3. The van der Waals surface area contributed by atoms with E-state index in [0.717, 1.165) is 41.8 Å². The van der Waals surface area contributed by atoms with Crippen molar-refractivity contribution in [3.63, 3.8) is 0 Å². The van der Waals surface area contributed by atoms with Crippen molar-refractivity contribution < 1.29 is 9.32 Å². The zero-order valence-electron chi connectivity index (χ0n) is 15.1. The maximum absolute atomic E-state index is 12.6. The number of nitrogens with zero attached hydrogens (tertiary/aromatic N) is 3. The molecule has 0 bridgehead atoms. The summed E-state index contributed by atoms with van der Waals surface area (Å²) in [6, 6.07) is 0. The third kappa shape index (κ3) is 3.09. The number of aromatic nitrogens is 3. The third-order valence-electron chi connectivity index (χ3n) is 5.26. The normalized spacial score (nSPS) is 17.6. The summed E-state index contributed by atoms with van der Waals surface area (Å²) in [7, 11) is 1.89. The molecular formula is C18H26N4O2. The Bertz CT molecular complexity index is 752. The van der Waals surface area contributed by atoms with E-state index in [1.165, 1.54) is 0 Å². The predicted octanol–water partition coefficient (Wildman–Crippen LogP) is 2.80. The van der Waals surface area contributed by atoms with Crippen LogP contribution in [0.1, 0.15) is 60.3 Å². The van der Waals surface area contributed by atoms with E-state index in [0.29, 0.717) is 18.2 Å². The largest absolute Gasteiger partial charge is 0.360 e. The van der Waals surface area contributed by atoms with Crippen LogP contribution in [0.5, 0.6) is 0 Å². The van der Waals surface area contributed by atoms with Gasteiger partial charge in [0.05, 0.1) is 6.20 Å². The van der Waals surface area contributed by atoms with Gasteiger partial charge in [0.25, 0.3) is 5.91 Å². The van der Waals surface area contributed by atoms with Gasteiger partial charge in [0.15, 0.2) is 5.69 Å². The average molecular weight is 330 g/mol. The summed E-state index contributed by atoms with van der Waals surface area (Å²) >= 11 is 0. The molecule has 3 rings (SSSR count). The molecule has 6 nitrogen and oxygen atoms in total. The van der Waals surface area contributed by atoms with Gasteiger partial charge in [-0.2, -0.15) is 5.10 Å². The van der Waals surface area contributed by atoms with Crippen molar-refractivity contribution in [1.82, 2.24) is 20.3 Å². The van der Waals surface area contributed by atoms with Crippen molar-refractivity contribution >= 4 is 5.91 Å². The standard InChI is InChI=1S/C18H26N4O2/c1-11-12(10-20-22(11)5)9-19-17(23)16-14-8-13(18(2,3)4)6-7-15(14)24-21-16/h10,13H,6-9H2,1-5H3,(H,19,23)/t13-/m0/s1. The first-order valence-corrected chi connectivity index (χ1v) is 8.50. The van der Waals surface area contributed by atoms with Gasteiger partial charge in [0.1, 0.15) is 5.76 Å². The van der Waals surface area contributed by atoms with Crippen molar-refractivity contribution in [3.05, 3.63) is 34.5 Å². The second kappa shape index (κ2) is 6.07. The second-order valence-corrected chi connectivity index (χ2v) is 7.80. The van der Waals surface area contributed by atoms with E-state index in [2.05, 4.69) is 36.3 Å². The number of rotatable bonds is 3. The lowest BCUT2D eigenvalue weighted by molar-refractivity contribution is 0.0940. The van der Waals surface area contributed by atoms with Crippen molar-refractivity contribution in [1.29, 1.82) is 0 Å². The van der Waals surface area contributed by atoms with E-state index >= 15 is 0 Å². The first kappa shape index (κ1) is 16.7. The lowest BCUT2D eigenvalue weighted by Gasteiger charge is -2.33. The molecule has 2 aromatic rings. The second-order valence-electron chi connectivity index (χ2n) is 7.80. The highest BCUT2D eigenvalue weighted by Crippen LogP contribution is 2.38. The Morgan fingerprint density at radius 3 is 2.83 bits per heavy atom. The zero-order chi connectivity index (χ0) is 17.5. The molecule has 1 atom stereocenters. The summed E-state index contributed by atoms with van der Waals surface area (Å²) < 4.78 is 7.22. The van der Waals surface area contributed by atoms with E-state index in [1.807, 2.05) is 14.0 Å². The van der Waals surface area contributed by atoms with Gasteiger partial charge >= 0.3 is 0 Å². The minimum absolute atomic E-state index is 0.169. The summed E-state index contributed by atoms with van der Waals surface area (Å²) in [4.78, 5) is 12.6. The van der Waals surface area contributed by atoms with E-state index in [-0.39, 0.29) is 11.3 Å². The van der Waals surface area contributed by atoms with E-state index in [4.69, 9.17) is 4.52 Å². The van der Waals surface area contributed by atoms with Crippen LogP contribution in [0.15, 0.2) is 10.7 Å². The van der Waals surface area contributed by atoms with Gasteiger partial charge in [-0.1, -0.05) is 25.9 Å². The van der Waals surface area contributed by atoms with Crippen LogP contribution in [0.2, 0.25) is 0 Å². The number of fused-ring (bicyclic) bond motifs is 1. The fraction of sp³-hybridized carbons (Fsp3) is 0.611. The van der Waals surface area contributed by atoms with E-state index in [9.17, 15) is 4.79 Å². The molecule has 0 radical (unpaired) electrons. The number of aryl methyl sites for hydroxylation is 2. The van der Waals surface area contributed by atoms with Crippen LogP contribution >= 0.6 is 0 Å². The Kier molecular flexibility index (Phi) is 4.24. The summed E-state index contributed by atoms with van der Waals surface area (Å²) in [5.74, 6) is 1.24. The van der Waals surface area contributed by atoms with E-state index < -0.39 is 0 Å².